The van der Waals surface area contributed by atoms with Gasteiger partial charge in [0.2, 0.25) is 0 Å². The predicted octanol–water partition coefficient (Wildman–Crippen LogP) is 1.79. The van der Waals surface area contributed by atoms with Gasteiger partial charge in [0.15, 0.2) is 5.49 Å². The average molecular weight is 392 g/mol. The number of aromatic nitrogens is 3. The standard InChI is InChI=1S/C18H19ClFN5O2/c19-10-3-1-9(2-4-10)14(20)12-7-13(16(27)15(12)26)25-6-5-11-17(24-21)22-8-23-18(11)25/h1-6,8,12-16,26-27H,7,21H2,(H,22,23,24)/t12-,13-,14-,15-,16+/m1/s1. The Morgan fingerprint density at radius 2 is 2.00 bits per heavy atom. The van der Waals surface area contributed by atoms with Crippen molar-refractivity contribution >= 4 is 22.6 Å². The monoisotopic (exact) mass is 391 g/mol. The molecule has 1 saturated carbocycles. The van der Waals surface area contributed by atoms with Gasteiger partial charge in [-0.1, -0.05) is 23.7 Å². The van der Waals surface area contributed by atoms with Crippen LogP contribution in [0, 0.1) is 5.92 Å². The molecule has 7 nitrogen and oxygen atoms in total. The zero-order chi connectivity index (χ0) is 19.1. The number of nitrogens with zero attached hydrogens (tertiary/aromatic N) is 3. The molecule has 3 aromatic rings. The van der Waals surface area contributed by atoms with E-state index in [-0.39, 0.29) is 6.42 Å². The molecule has 1 aliphatic carbocycles. The molecule has 0 spiro atoms. The molecule has 27 heavy (non-hydrogen) atoms. The minimum Gasteiger partial charge on any atom is -0.390 e. The van der Waals surface area contributed by atoms with Crippen LogP contribution in [0.25, 0.3) is 11.0 Å². The Bertz CT molecular complexity index is 1020. The highest BCUT2D eigenvalue weighted by atomic mass is 35.5. The molecule has 142 valence electrons. The summed E-state index contributed by atoms with van der Waals surface area (Å²) >= 11 is 5.86. The summed E-state index contributed by atoms with van der Waals surface area (Å²) in [5.74, 6) is 4.61. The number of halogens is 2. The molecule has 1 aliphatic rings. The van der Waals surface area contributed by atoms with Gasteiger partial charge in [0.05, 0.1) is 23.9 Å². The van der Waals surface area contributed by atoms with E-state index in [4.69, 9.17) is 17.4 Å². The Kier molecular flexibility index (Phi) is 4.63. The Morgan fingerprint density at radius 3 is 2.70 bits per heavy atom. The number of fused-ring (bicyclic) bond motifs is 1. The van der Waals surface area contributed by atoms with E-state index in [0.29, 0.717) is 27.1 Å². The van der Waals surface area contributed by atoms with Crippen LogP contribution in [0.3, 0.4) is 0 Å². The topological polar surface area (TPSA) is 112 Å². The van der Waals surface area contributed by atoms with Gasteiger partial charge in [0.25, 0.3) is 0 Å². The van der Waals surface area contributed by atoms with Crippen molar-refractivity contribution in [2.75, 3.05) is 0 Å². The molecule has 2 aromatic heterocycles. The van der Waals surface area contributed by atoms with E-state index in [1.165, 1.54) is 6.33 Å². The second-order valence-corrected chi connectivity index (χ2v) is 7.18. The Morgan fingerprint density at radius 1 is 1.26 bits per heavy atom. The first-order valence-electron chi connectivity index (χ1n) is 8.55. The lowest BCUT2D eigenvalue weighted by molar-refractivity contribution is -0.00971. The van der Waals surface area contributed by atoms with Crippen LogP contribution in [0.1, 0.15) is 24.2 Å². The van der Waals surface area contributed by atoms with Crippen molar-refractivity contribution in [1.29, 1.82) is 0 Å². The molecule has 0 unspecified atom stereocenters. The Labute approximate surface area is 158 Å². The normalized spacial score (nSPS) is 27.3. The van der Waals surface area contributed by atoms with Crippen molar-refractivity contribution < 1.29 is 14.6 Å². The van der Waals surface area contributed by atoms with Gasteiger partial charge in [-0.3, -0.25) is 0 Å². The summed E-state index contributed by atoms with van der Waals surface area (Å²) in [6.07, 6.45) is -0.267. The first-order valence-corrected chi connectivity index (χ1v) is 8.93. The average Bonchev–Trinajstić information content (AvgIpc) is 3.23. The van der Waals surface area contributed by atoms with Crippen LogP contribution >= 0.6 is 11.6 Å². The molecule has 1 aromatic carbocycles. The molecule has 0 aliphatic heterocycles. The molecule has 5 atom stereocenters. The maximum atomic E-state index is 15.1. The molecule has 9 heteroatoms. The van der Waals surface area contributed by atoms with E-state index < -0.39 is 30.3 Å². The Hall–Kier alpha value is -2.42. The van der Waals surface area contributed by atoms with Crippen molar-refractivity contribution in [3.05, 3.63) is 58.9 Å². The molecule has 0 radical (unpaired) electrons. The van der Waals surface area contributed by atoms with Gasteiger partial charge in [0, 0.05) is 17.1 Å². The van der Waals surface area contributed by atoms with Gasteiger partial charge in [0.1, 0.15) is 17.9 Å². The summed E-state index contributed by atoms with van der Waals surface area (Å²) in [5.41, 5.74) is 1.43. The third-order valence-electron chi connectivity index (χ3n) is 5.28. The lowest BCUT2D eigenvalue weighted by atomic mass is 9.93. The van der Waals surface area contributed by atoms with Crippen LogP contribution in [0.15, 0.2) is 48.0 Å². The van der Waals surface area contributed by atoms with Crippen LogP contribution in [0.5, 0.6) is 0 Å². The number of H-pyrrole nitrogens is 1. The van der Waals surface area contributed by atoms with E-state index in [2.05, 4.69) is 15.1 Å². The maximum Gasteiger partial charge on any atom is 0.183 e. The number of hydrogen-bond donors (Lipinski definition) is 4. The van der Waals surface area contributed by atoms with E-state index in [0.717, 1.165) is 0 Å². The second-order valence-electron chi connectivity index (χ2n) is 6.74. The summed E-state index contributed by atoms with van der Waals surface area (Å²) in [6, 6.07) is 7.68. The fourth-order valence-electron chi connectivity index (χ4n) is 3.89. The number of rotatable bonds is 3. The molecule has 4 rings (SSSR count). The lowest BCUT2D eigenvalue weighted by Gasteiger charge is -2.20. The van der Waals surface area contributed by atoms with Crippen molar-refractivity contribution in [2.45, 2.75) is 30.8 Å². The first-order chi connectivity index (χ1) is 13.0. The van der Waals surface area contributed by atoms with E-state index in [1.54, 1.807) is 41.1 Å². The van der Waals surface area contributed by atoms with E-state index in [1.807, 2.05) is 0 Å². The van der Waals surface area contributed by atoms with E-state index >= 15 is 4.39 Å². The van der Waals surface area contributed by atoms with Gasteiger partial charge >= 0.3 is 0 Å². The first kappa shape index (κ1) is 18.0. The predicted molar refractivity (Wildman–Crippen MR) is 98.3 cm³/mol. The largest absolute Gasteiger partial charge is 0.390 e. The zero-order valence-electron chi connectivity index (χ0n) is 14.2. The van der Waals surface area contributed by atoms with Gasteiger partial charge in [-0.15, -0.1) is 0 Å². The summed E-state index contributed by atoms with van der Waals surface area (Å²) in [7, 11) is 0. The number of alkyl halides is 1. The number of aliphatic hydroxyl groups excluding tert-OH is 2. The molecule has 5 N–H and O–H groups in total. The minimum absolute atomic E-state index is 0.265. The second kappa shape index (κ2) is 6.95. The van der Waals surface area contributed by atoms with Crippen LogP contribution in [-0.4, -0.2) is 37.0 Å². The number of aromatic amines is 1. The van der Waals surface area contributed by atoms with Crippen molar-refractivity contribution in [3.63, 3.8) is 0 Å². The summed E-state index contributed by atoms with van der Waals surface area (Å²) in [4.78, 5) is 7.05. The van der Waals surface area contributed by atoms with Crippen molar-refractivity contribution in [1.82, 2.24) is 14.5 Å². The fourth-order valence-corrected chi connectivity index (χ4v) is 4.01. The summed E-state index contributed by atoms with van der Waals surface area (Å²) in [6.45, 7) is 0. The molecule has 2 heterocycles. The lowest BCUT2D eigenvalue weighted by Crippen LogP contribution is -2.30. The number of nitrogens with one attached hydrogen (secondary N) is 1. The van der Waals surface area contributed by atoms with Crippen LogP contribution in [0.4, 0.5) is 4.39 Å². The third-order valence-corrected chi connectivity index (χ3v) is 5.54. The number of benzene rings is 1. The fraction of sp³-hybridized carbons (Fsp3) is 0.333. The van der Waals surface area contributed by atoms with Crippen LogP contribution in [-0.2, 0) is 0 Å². The van der Waals surface area contributed by atoms with Crippen molar-refractivity contribution in [3.8, 4) is 0 Å². The quantitative estimate of drug-likeness (QED) is 0.402. The molecular formula is C18H19ClFN5O2. The molecule has 1 fully saturated rings. The summed E-state index contributed by atoms with van der Waals surface area (Å²) < 4.78 is 16.8. The summed E-state index contributed by atoms with van der Waals surface area (Å²) in [5, 5.41) is 25.9. The number of hydrogen-bond acceptors (Lipinski definition) is 5. The number of aliphatic hydroxyl groups is 2. The highest BCUT2D eigenvalue weighted by molar-refractivity contribution is 6.30. The molecule has 0 bridgehead atoms. The van der Waals surface area contributed by atoms with Gasteiger partial charge in [-0.2, -0.15) is 5.10 Å². The van der Waals surface area contributed by atoms with Gasteiger partial charge in [-0.25, -0.2) is 9.37 Å². The SMILES string of the molecule is N/N=c1/nc[nH]c2c1ccn2[C@@H]1C[C@H]([C@H](F)c2ccc(Cl)cc2)[C@@H](O)[C@H]1O. The zero-order valence-corrected chi connectivity index (χ0v) is 15.0. The molecule has 0 saturated heterocycles. The highest BCUT2D eigenvalue weighted by Gasteiger charge is 2.46. The smallest absolute Gasteiger partial charge is 0.183 e. The Balaban J connectivity index is 1.67. The molecule has 0 amide bonds. The minimum atomic E-state index is -1.42. The number of nitrogens with two attached hydrogens (primary N) is 1. The van der Waals surface area contributed by atoms with Crippen LogP contribution < -0.4 is 11.3 Å². The highest BCUT2D eigenvalue weighted by Crippen LogP contribution is 2.44. The molecular weight excluding hydrogens is 373 g/mol. The third kappa shape index (κ3) is 2.99. The van der Waals surface area contributed by atoms with Crippen molar-refractivity contribution in [2.24, 2.45) is 16.9 Å². The van der Waals surface area contributed by atoms with Gasteiger partial charge in [-0.05, 0) is 30.2 Å². The van der Waals surface area contributed by atoms with E-state index in [9.17, 15) is 10.2 Å². The van der Waals surface area contributed by atoms with Crippen LogP contribution in [0.2, 0.25) is 5.02 Å². The van der Waals surface area contributed by atoms with Gasteiger partial charge < -0.3 is 25.6 Å². The maximum absolute atomic E-state index is 15.1.